The monoisotopic (exact) mass is 534 g/mol. The van der Waals surface area contributed by atoms with Crippen LogP contribution in [0.1, 0.15) is 22.3 Å². The Kier molecular flexibility index (Phi) is 6.18. The lowest BCUT2D eigenvalue weighted by Gasteiger charge is -2.23. The lowest BCUT2D eigenvalue weighted by atomic mass is 9.80. The summed E-state index contributed by atoms with van der Waals surface area (Å²) in [7, 11) is 0. The third-order valence-electron chi connectivity index (χ3n) is 8.55. The highest BCUT2D eigenvalue weighted by atomic mass is 14.3. The first-order chi connectivity index (χ1) is 20.7. The molecule has 42 heavy (non-hydrogen) atoms. The van der Waals surface area contributed by atoms with Crippen molar-refractivity contribution in [3.8, 4) is 22.3 Å². The molecule has 0 aliphatic heterocycles. The molecule has 0 spiro atoms. The SMILES string of the molecule is C=Cc1c(C=C)c(-c2cc3c4ccccc4c4ccccc4c3c(C=C)c2C=C)c2ccccc2c1-c1ccccc1. The first kappa shape index (κ1) is 25.5. The predicted octanol–water partition coefficient (Wildman–Crippen LogP) is 12.2. The van der Waals surface area contributed by atoms with Gasteiger partial charge in [-0.15, -0.1) is 0 Å². The van der Waals surface area contributed by atoms with E-state index in [-0.39, 0.29) is 0 Å². The predicted molar refractivity (Wildman–Crippen MR) is 188 cm³/mol. The van der Waals surface area contributed by atoms with E-state index < -0.39 is 0 Å². The van der Waals surface area contributed by atoms with Crippen LogP contribution in [0.25, 0.3) is 89.6 Å². The standard InChI is InChI=1S/C42H30/c1-5-28-29(6-2)41-35-23-15-14-21-33(35)32-20-12-13-22-34(32)39(41)26-38(28)42-31(8-4)30(7-3)40(27-18-10-9-11-19-27)36-24-16-17-25-37(36)42/h5-26H,1-4H2. The third-order valence-corrected chi connectivity index (χ3v) is 8.55. The van der Waals surface area contributed by atoms with E-state index >= 15 is 0 Å². The summed E-state index contributed by atoms with van der Waals surface area (Å²) in [6.45, 7) is 17.3. The highest BCUT2D eigenvalue weighted by Gasteiger charge is 2.23. The molecule has 7 rings (SSSR count). The Bertz CT molecular complexity index is 2240. The van der Waals surface area contributed by atoms with Crippen LogP contribution in [0, 0.1) is 0 Å². The summed E-state index contributed by atoms with van der Waals surface area (Å²) in [4.78, 5) is 0. The molecular formula is C42H30. The topological polar surface area (TPSA) is 0 Å². The highest BCUT2D eigenvalue weighted by Crippen LogP contribution is 2.48. The molecule has 0 N–H and O–H groups in total. The van der Waals surface area contributed by atoms with Gasteiger partial charge in [0.2, 0.25) is 0 Å². The first-order valence-corrected chi connectivity index (χ1v) is 14.3. The smallest absolute Gasteiger partial charge is 0.00201 e. The zero-order valence-corrected chi connectivity index (χ0v) is 23.5. The number of fused-ring (bicyclic) bond motifs is 7. The highest BCUT2D eigenvalue weighted by molar-refractivity contribution is 6.28. The maximum absolute atomic E-state index is 4.32. The van der Waals surface area contributed by atoms with E-state index in [0.717, 1.165) is 38.9 Å². The number of benzene rings is 7. The van der Waals surface area contributed by atoms with Crippen LogP contribution in [0.5, 0.6) is 0 Å². The maximum Gasteiger partial charge on any atom is -0.00201 e. The molecule has 0 heterocycles. The molecule has 7 aromatic rings. The molecule has 0 atom stereocenters. The van der Waals surface area contributed by atoms with E-state index in [1.165, 1.54) is 48.7 Å². The largest absolute Gasteiger partial charge is 0.0984 e. The van der Waals surface area contributed by atoms with Crippen LogP contribution in [0.3, 0.4) is 0 Å². The van der Waals surface area contributed by atoms with Crippen LogP contribution in [0.4, 0.5) is 0 Å². The lowest BCUT2D eigenvalue weighted by Crippen LogP contribution is -1.99. The molecule has 0 unspecified atom stereocenters. The van der Waals surface area contributed by atoms with Gasteiger partial charge in [-0.1, -0.05) is 154 Å². The lowest BCUT2D eigenvalue weighted by molar-refractivity contribution is 1.58. The Morgan fingerprint density at radius 2 is 0.786 bits per heavy atom. The normalized spacial score (nSPS) is 11.2. The second-order valence-electron chi connectivity index (χ2n) is 10.6. The molecular weight excluding hydrogens is 504 g/mol. The molecule has 0 bridgehead atoms. The zero-order valence-electron chi connectivity index (χ0n) is 23.5. The van der Waals surface area contributed by atoms with E-state index in [1.54, 1.807) is 0 Å². The van der Waals surface area contributed by atoms with E-state index in [2.05, 4.69) is 136 Å². The molecule has 198 valence electrons. The molecule has 7 aromatic carbocycles. The quantitative estimate of drug-likeness (QED) is 0.186. The van der Waals surface area contributed by atoms with Crippen molar-refractivity contribution in [1.29, 1.82) is 0 Å². The second-order valence-corrected chi connectivity index (χ2v) is 10.6. The van der Waals surface area contributed by atoms with Gasteiger partial charge in [-0.2, -0.15) is 0 Å². The van der Waals surface area contributed by atoms with Crippen molar-refractivity contribution in [2.24, 2.45) is 0 Å². The molecule has 0 radical (unpaired) electrons. The van der Waals surface area contributed by atoms with Gasteiger partial charge in [0, 0.05) is 0 Å². The molecule has 0 aliphatic carbocycles. The Balaban J connectivity index is 1.74. The summed E-state index contributed by atoms with van der Waals surface area (Å²) < 4.78 is 0. The fourth-order valence-electron chi connectivity index (χ4n) is 6.86. The van der Waals surface area contributed by atoms with Gasteiger partial charge in [-0.3, -0.25) is 0 Å². The fraction of sp³-hybridized carbons (Fsp3) is 0. The first-order valence-electron chi connectivity index (χ1n) is 14.3. The Labute approximate surface area is 246 Å². The van der Waals surface area contributed by atoms with Gasteiger partial charge < -0.3 is 0 Å². The van der Waals surface area contributed by atoms with Gasteiger partial charge in [0.1, 0.15) is 0 Å². The Morgan fingerprint density at radius 1 is 0.357 bits per heavy atom. The van der Waals surface area contributed by atoms with E-state index in [4.69, 9.17) is 0 Å². The van der Waals surface area contributed by atoms with Gasteiger partial charge in [0.15, 0.2) is 0 Å². The fourth-order valence-corrected chi connectivity index (χ4v) is 6.86. The van der Waals surface area contributed by atoms with Gasteiger partial charge in [0.05, 0.1) is 0 Å². The van der Waals surface area contributed by atoms with Crippen molar-refractivity contribution < 1.29 is 0 Å². The van der Waals surface area contributed by atoms with E-state index in [1.807, 2.05) is 24.3 Å². The third kappa shape index (κ3) is 3.62. The van der Waals surface area contributed by atoms with Crippen LogP contribution >= 0.6 is 0 Å². The molecule has 0 saturated heterocycles. The Hall–Kier alpha value is -5.46. The summed E-state index contributed by atoms with van der Waals surface area (Å²) in [5, 5.41) is 9.67. The van der Waals surface area contributed by atoms with Crippen molar-refractivity contribution >= 4 is 67.4 Å². The number of hydrogen-bond donors (Lipinski definition) is 0. The molecule has 0 heteroatoms. The van der Waals surface area contributed by atoms with Gasteiger partial charge in [0.25, 0.3) is 0 Å². The summed E-state index contributed by atoms with van der Waals surface area (Å²) in [5.74, 6) is 0. The van der Waals surface area contributed by atoms with Crippen LogP contribution in [0.15, 0.2) is 136 Å². The zero-order chi connectivity index (χ0) is 28.8. The maximum atomic E-state index is 4.32. The summed E-state index contributed by atoms with van der Waals surface area (Å²) in [6, 6.07) is 39.0. The minimum atomic E-state index is 1.06. The number of hydrogen-bond acceptors (Lipinski definition) is 0. The van der Waals surface area contributed by atoms with Crippen molar-refractivity contribution in [3.63, 3.8) is 0 Å². The average Bonchev–Trinajstić information content (AvgIpc) is 3.06. The van der Waals surface area contributed by atoms with Crippen LogP contribution in [-0.2, 0) is 0 Å². The average molecular weight is 535 g/mol. The molecule has 0 amide bonds. The van der Waals surface area contributed by atoms with Crippen LogP contribution in [-0.4, -0.2) is 0 Å². The van der Waals surface area contributed by atoms with Gasteiger partial charge >= 0.3 is 0 Å². The molecule has 0 saturated carbocycles. The minimum absolute atomic E-state index is 1.06. The van der Waals surface area contributed by atoms with Gasteiger partial charge in [-0.05, 0) is 93.7 Å². The minimum Gasteiger partial charge on any atom is -0.0984 e. The second kappa shape index (κ2) is 10.2. The summed E-state index contributed by atoms with van der Waals surface area (Å²) in [6.07, 6.45) is 7.93. The van der Waals surface area contributed by atoms with Gasteiger partial charge in [-0.25, -0.2) is 0 Å². The molecule has 0 nitrogen and oxygen atoms in total. The summed E-state index contributed by atoms with van der Waals surface area (Å²) in [5.41, 5.74) is 8.85. The Morgan fingerprint density at radius 3 is 1.36 bits per heavy atom. The van der Waals surface area contributed by atoms with Crippen molar-refractivity contribution in [1.82, 2.24) is 0 Å². The van der Waals surface area contributed by atoms with Crippen LogP contribution < -0.4 is 0 Å². The van der Waals surface area contributed by atoms with Crippen molar-refractivity contribution in [2.45, 2.75) is 0 Å². The molecule has 0 aromatic heterocycles. The molecule has 0 aliphatic rings. The van der Waals surface area contributed by atoms with Crippen molar-refractivity contribution in [3.05, 3.63) is 158 Å². The van der Waals surface area contributed by atoms with Crippen molar-refractivity contribution in [2.75, 3.05) is 0 Å². The number of rotatable bonds is 6. The molecule has 0 fully saturated rings. The van der Waals surface area contributed by atoms with E-state index in [0.29, 0.717) is 0 Å². The van der Waals surface area contributed by atoms with Crippen LogP contribution in [0.2, 0.25) is 0 Å². The summed E-state index contributed by atoms with van der Waals surface area (Å²) >= 11 is 0. The van der Waals surface area contributed by atoms with E-state index in [9.17, 15) is 0 Å².